The summed E-state index contributed by atoms with van der Waals surface area (Å²) in [5.41, 5.74) is 0.975. The van der Waals surface area contributed by atoms with E-state index in [0.29, 0.717) is 16.9 Å². The number of methoxy groups -OCH3 is 1. The normalized spacial score (nSPS) is 9.71. The number of nitriles is 1. The Balaban J connectivity index is 2.24. The standard InChI is InChI=1S/C15H12N2O4/c1-20-13-6-7-15(14(8-13)17(18)19)21-10-12-5-3-2-4-11(12)9-16/h2-8H,10H2,1H3. The second-order valence-electron chi connectivity index (χ2n) is 4.15. The van der Waals surface area contributed by atoms with Crippen molar-refractivity contribution in [1.29, 1.82) is 5.26 Å². The van der Waals surface area contributed by atoms with Crippen LogP contribution in [0.5, 0.6) is 11.5 Å². The summed E-state index contributed by atoms with van der Waals surface area (Å²) in [4.78, 5) is 10.5. The Hall–Kier alpha value is -3.07. The van der Waals surface area contributed by atoms with Gasteiger partial charge in [0.1, 0.15) is 12.4 Å². The molecule has 0 bridgehead atoms. The average molecular weight is 284 g/mol. The van der Waals surface area contributed by atoms with Crippen LogP contribution in [0.1, 0.15) is 11.1 Å². The number of nitro groups is 1. The minimum absolute atomic E-state index is 0.0803. The molecule has 0 heterocycles. The Kier molecular flexibility index (Phi) is 4.36. The SMILES string of the molecule is COc1ccc(OCc2ccccc2C#N)c([N+](=O)[O-])c1. The highest BCUT2D eigenvalue weighted by Crippen LogP contribution is 2.31. The lowest BCUT2D eigenvalue weighted by Gasteiger charge is -2.09. The molecule has 0 unspecified atom stereocenters. The average Bonchev–Trinajstić information content (AvgIpc) is 2.52. The Bertz CT molecular complexity index is 707. The summed E-state index contributed by atoms with van der Waals surface area (Å²) in [5, 5.41) is 20.0. The van der Waals surface area contributed by atoms with Crippen molar-refractivity contribution < 1.29 is 14.4 Å². The molecule has 0 atom stereocenters. The predicted octanol–water partition coefficient (Wildman–Crippen LogP) is 3.05. The first-order valence-electron chi connectivity index (χ1n) is 6.09. The van der Waals surface area contributed by atoms with E-state index >= 15 is 0 Å². The van der Waals surface area contributed by atoms with Gasteiger partial charge in [0.05, 0.1) is 29.7 Å². The maximum atomic E-state index is 11.0. The highest BCUT2D eigenvalue weighted by Gasteiger charge is 2.17. The van der Waals surface area contributed by atoms with Crippen molar-refractivity contribution in [3.8, 4) is 17.6 Å². The monoisotopic (exact) mass is 284 g/mol. The molecule has 21 heavy (non-hydrogen) atoms. The largest absolute Gasteiger partial charge is 0.496 e. The molecule has 2 aromatic rings. The van der Waals surface area contributed by atoms with Crippen LogP contribution >= 0.6 is 0 Å². The van der Waals surface area contributed by atoms with Crippen LogP contribution in [0.15, 0.2) is 42.5 Å². The summed E-state index contributed by atoms with van der Waals surface area (Å²) in [7, 11) is 1.43. The van der Waals surface area contributed by atoms with E-state index < -0.39 is 4.92 Å². The fourth-order valence-corrected chi connectivity index (χ4v) is 1.80. The van der Waals surface area contributed by atoms with Crippen molar-refractivity contribution in [1.82, 2.24) is 0 Å². The quantitative estimate of drug-likeness (QED) is 0.622. The predicted molar refractivity (Wildman–Crippen MR) is 75.1 cm³/mol. The molecule has 2 rings (SSSR count). The number of hydrogen-bond acceptors (Lipinski definition) is 5. The summed E-state index contributed by atoms with van der Waals surface area (Å²) in [6.07, 6.45) is 0. The first-order chi connectivity index (χ1) is 10.2. The molecule has 0 aromatic heterocycles. The maximum Gasteiger partial charge on any atom is 0.314 e. The molecular formula is C15H12N2O4. The number of benzene rings is 2. The van der Waals surface area contributed by atoms with Crippen LogP contribution in [-0.4, -0.2) is 12.0 Å². The molecule has 0 amide bonds. The van der Waals surface area contributed by atoms with E-state index in [0.717, 1.165) is 0 Å². The van der Waals surface area contributed by atoms with Gasteiger partial charge in [-0.05, 0) is 18.2 Å². The third-order valence-corrected chi connectivity index (χ3v) is 2.88. The van der Waals surface area contributed by atoms with Gasteiger partial charge in [0.15, 0.2) is 5.75 Å². The van der Waals surface area contributed by atoms with Crippen molar-refractivity contribution in [3.63, 3.8) is 0 Å². The molecule has 2 aromatic carbocycles. The third kappa shape index (κ3) is 3.28. The van der Waals surface area contributed by atoms with Crippen molar-refractivity contribution in [2.75, 3.05) is 7.11 Å². The minimum atomic E-state index is -0.534. The van der Waals surface area contributed by atoms with Crippen molar-refractivity contribution in [2.45, 2.75) is 6.61 Å². The van der Waals surface area contributed by atoms with Gasteiger partial charge in [0.25, 0.3) is 0 Å². The van der Waals surface area contributed by atoms with E-state index in [1.54, 1.807) is 30.3 Å². The van der Waals surface area contributed by atoms with Crippen LogP contribution < -0.4 is 9.47 Å². The second kappa shape index (κ2) is 6.39. The number of hydrogen-bond donors (Lipinski definition) is 0. The van der Waals surface area contributed by atoms with E-state index in [4.69, 9.17) is 14.7 Å². The second-order valence-corrected chi connectivity index (χ2v) is 4.15. The van der Waals surface area contributed by atoms with E-state index in [-0.39, 0.29) is 18.0 Å². The van der Waals surface area contributed by atoms with Crippen molar-refractivity contribution in [3.05, 3.63) is 63.7 Å². The molecule has 0 saturated heterocycles. The van der Waals surface area contributed by atoms with Gasteiger partial charge in [-0.1, -0.05) is 18.2 Å². The Labute approximate surface area is 121 Å². The Morgan fingerprint density at radius 3 is 2.71 bits per heavy atom. The fourth-order valence-electron chi connectivity index (χ4n) is 1.80. The summed E-state index contributed by atoms with van der Waals surface area (Å²) in [6.45, 7) is 0.0803. The highest BCUT2D eigenvalue weighted by molar-refractivity contribution is 5.51. The fraction of sp³-hybridized carbons (Fsp3) is 0.133. The van der Waals surface area contributed by atoms with Gasteiger partial charge in [-0.15, -0.1) is 0 Å². The summed E-state index contributed by atoms with van der Waals surface area (Å²) in [6, 6.07) is 13.4. The van der Waals surface area contributed by atoms with Crippen molar-refractivity contribution in [2.24, 2.45) is 0 Å². The smallest absolute Gasteiger partial charge is 0.314 e. The molecule has 0 aliphatic carbocycles. The molecule has 0 fully saturated rings. The van der Waals surface area contributed by atoms with Gasteiger partial charge < -0.3 is 9.47 Å². The third-order valence-electron chi connectivity index (χ3n) is 2.88. The van der Waals surface area contributed by atoms with E-state index in [9.17, 15) is 10.1 Å². The molecule has 0 radical (unpaired) electrons. The topological polar surface area (TPSA) is 85.4 Å². The molecule has 0 spiro atoms. The first-order valence-corrected chi connectivity index (χ1v) is 6.09. The molecule has 0 aliphatic heterocycles. The molecule has 0 saturated carbocycles. The number of nitro benzene ring substituents is 1. The van der Waals surface area contributed by atoms with Crippen LogP contribution in [0.2, 0.25) is 0 Å². The summed E-state index contributed by atoms with van der Waals surface area (Å²) >= 11 is 0. The molecular weight excluding hydrogens is 272 g/mol. The lowest BCUT2D eigenvalue weighted by atomic mass is 10.1. The van der Waals surface area contributed by atoms with E-state index in [1.807, 2.05) is 0 Å². The first kappa shape index (κ1) is 14.3. The highest BCUT2D eigenvalue weighted by atomic mass is 16.6. The van der Waals surface area contributed by atoms with Crippen LogP contribution in [0.4, 0.5) is 5.69 Å². The van der Waals surface area contributed by atoms with Crippen LogP contribution in [0.25, 0.3) is 0 Å². The zero-order valence-electron chi connectivity index (χ0n) is 11.3. The summed E-state index contributed by atoms with van der Waals surface area (Å²) < 4.78 is 10.4. The summed E-state index contributed by atoms with van der Waals surface area (Å²) in [5.74, 6) is 0.514. The lowest BCUT2D eigenvalue weighted by molar-refractivity contribution is -0.386. The van der Waals surface area contributed by atoms with E-state index in [1.165, 1.54) is 19.2 Å². The zero-order chi connectivity index (χ0) is 15.2. The molecule has 6 heteroatoms. The van der Waals surface area contributed by atoms with Crippen LogP contribution in [0, 0.1) is 21.4 Å². The molecule has 0 N–H and O–H groups in total. The van der Waals surface area contributed by atoms with Crippen LogP contribution in [-0.2, 0) is 6.61 Å². The maximum absolute atomic E-state index is 11.0. The minimum Gasteiger partial charge on any atom is -0.496 e. The number of rotatable bonds is 5. The van der Waals surface area contributed by atoms with Gasteiger partial charge in [0.2, 0.25) is 0 Å². The molecule has 106 valence electrons. The van der Waals surface area contributed by atoms with Gasteiger partial charge in [-0.2, -0.15) is 5.26 Å². The number of ether oxygens (including phenoxy) is 2. The zero-order valence-corrected chi connectivity index (χ0v) is 11.3. The Morgan fingerprint density at radius 2 is 2.05 bits per heavy atom. The van der Waals surface area contributed by atoms with E-state index in [2.05, 4.69) is 6.07 Å². The van der Waals surface area contributed by atoms with Gasteiger partial charge in [-0.25, -0.2) is 0 Å². The van der Waals surface area contributed by atoms with Gasteiger partial charge in [-0.3, -0.25) is 10.1 Å². The number of nitrogens with zero attached hydrogens (tertiary/aromatic N) is 2. The van der Waals surface area contributed by atoms with Gasteiger partial charge in [0, 0.05) is 5.56 Å². The Morgan fingerprint density at radius 1 is 1.29 bits per heavy atom. The lowest BCUT2D eigenvalue weighted by Crippen LogP contribution is -2.01. The molecule has 0 aliphatic rings. The van der Waals surface area contributed by atoms with Gasteiger partial charge >= 0.3 is 5.69 Å². The van der Waals surface area contributed by atoms with Crippen LogP contribution in [0.3, 0.4) is 0 Å². The van der Waals surface area contributed by atoms with Crippen molar-refractivity contribution >= 4 is 5.69 Å². The molecule has 6 nitrogen and oxygen atoms in total.